The quantitative estimate of drug-likeness (QED) is 0.842. The third-order valence-electron chi connectivity index (χ3n) is 2.51. The monoisotopic (exact) mass is 277 g/mol. The Morgan fingerprint density at radius 1 is 1.42 bits per heavy atom. The van der Waals surface area contributed by atoms with Gasteiger partial charge in [0.15, 0.2) is 0 Å². The summed E-state index contributed by atoms with van der Waals surface area (Å²) < 4.78 is 50.3. The van der Waals surface area contributed by atoms with Crippen LogP contribution in [0, 0.1) is 5.82 Å². The Bertz CT molecular complexity index is 460. The van der Waals surface area contributed by atoms with E-state index in [1.54, 1.807) is 0 Å². The smallest absolute Gasteiger partial charge is 0.419 e. The molecule has 3 nitrogen and oxygen atoms in total. The zero-order chi connectivity index (χ0) is 14.6. The summed E-state index contributed by atoms with van der Waals surface area (Å²) in [7, 11) is 0. The van der Waals surface area contributed by atoms with Crippen molar-refractivity contribution in [1.82, 2.24) is 5.32 Å². The van der Waals surface area contributed by atoms with Gasteiger partial charge in [0, 0.05) is 13.5 Å². The van der Waals surface area contributed by atoms with Gasteiger partial charge in [0.05, 0.1) is 5.56 Å². The van der Waals surface area contributed by atoms with E-state index in [0.717, 1.165) is 6.07 Å². The van der Waals surface area contributed by atoms with Crippen molar-refractivity contribution < 1.29 is 22.4 Å². The van der Waals surface area contributed by atoms with Gasteiger partial charge in [-0.3, -0.25) is 4.79 Å². The van der Waals surface area contributed by atoms with Crippen molar-refractivity contribution >= 4 is 5.91 Å². The highest BCUT2D eigenvalue weighted by Gasteiger charge is 2.33. The van der Waals surface area contributed by atoms with E-state index in [1.165, 1.54) is 6.92 Å². The van der Waals surface area contributed by atoms with Crippen molar-refractivity contribution in [3.05, 3.63) is 40.9 Å². The number of alkyl halides is 3. The summed E-state index contributed by atoms with van der Waals surface area (Å²) in [5, 5.41) is 2.46. The van der Waals surface area contributed by atoms with Gasteiger partial charge in [-0.2, -0.15) is 13.2 Å². The molecule has 0 spiro atoms. The van der Waals surface area contributed by atoms with E-state index >= 15 is 0 Å². The van der Waals surface area contributed by atoms with Gasteiger partial charge in [0.25, 0.3) is 0 Å². The molecule has 1 amide bonds. The summed E-state index contributed by atoms with van der Waals surface area (Å²) in [5.41, 5.74) is 6.49. The molecule has 0 aromatic heterocycles. The maximum absolute atomic E-state index is 13.3. The Hall–Kier alpha value is -1.63. The molecule has 0 saturated carbocycles. The third kappa shape index (κ3) is 4.51. The summed E-state index contributed by atoms with van der Waals surface area (Å²) in [6, 6.07) is 1.54. The fourth-order valence-corrected chi connectivity index (χ4v) is 1.54. The summed E-state index contributed by atoms with van der Waals surface area (Å²) in [5.74, 6) is -1.65. The Morgan fingerprint density at radius 2 is 2.05 bits per heavy atom. The van der Waals surface area contributed by atoms with Crippen molar-refractivity contribution in [3.8, 4) is 0 Å². The number of halogens is 4. The molecule has 7 heteroatoms. The second-order valence-corrected chi connectivity index (χ2v) is 4.06. The maximum atomic E-state index is 13.3. The summed E-state index contributed by atoms with van der Waals surface area (Å²) >= 11 is 0. The van der Waals surface area contributed by atoms with E-state index in [2.05, 4.69) is 5.32 Å². The molecule has 0 bridgehead atoms. The minimum atomic E-state index is -4.74. The van der Waals surface area contributed by atoms with Gasteiger partial charge in [-0.15, -0.1) is 6.04 Å². The lowest BCUT2D eigenvalue weighted by molar-refractivity contribution is -0.140. The highest BCUT2D eigenvalue weighted by atomic mass is 19.4. The normalized spacial score (nSPS) is 13.2. The number of carbonyl (C=O) groups excluding carboxylic acids is 1. The zero-order valence-corrected chi connectivity index (χ0v) is 10.1. The van der Waals surface area contributed by atoms with Crippen LogP contribution in [0.15, 0.2) is 18.2 Å². The molecule has 0 fully saturated rings. The average molecular weight is 277 g/mol. The predicted molar refractivity (Wildman–Crippen MR) is 61.8 cm³/mol. The van der Waals surface area contributed by atoms with Crippen LogP contribution in [0.5, 0.6) is 0 Å². The number of hydrogen-bond acceptors (Lipinski definition) is 1. The molecule has 1 aromatic rings. The Kier molecular flexibility index (Phi) is 4.88. The number of hydrogen-bond donors (Lipinski definition) is 1. The average Bonchev–Trinajstić information content (AvgIpc) is 2.26. The number of benzene rings is 1. The van der Waals surface area contributed by atoms with E-state index < -0.39 is 23.6 Å². The van der Waals surface area contributed by atoms with E-state index in [1.807, 2.05) is 0 Å². The topological polar surface area (TPSA) is 52.9 Å². The molecule has 0 heterocycles. The van der Waals surface area contributed by atoms with E-state index in [9.17, 15) is 22.4 Å². The lowest BCUT2D eigenvalue weighted by Crippen LogP contribution is -2.22. The van der Waals surface area contributed by atoms with Crippen LogP contribution in [0.2, 0.25) is 0 Å². The molecular formula is C12H13F4N2O-. The second kappa shape index (κ2) is 6.01. The Balaban J connectivity index is 2.75. The van der Waals surface area contributed by atoms with Crippen molar-refractivity contribution in [2.45, 2.75) is 25.6 Å². The first-order valence-corrected chi connectivity index (χ1v) is 5.54. The van der Waals surface area contributed by atoms with Crippen molar-refractivity contribution in [1.29, 1.82) is 0 Å². The second-order valence-electron chi connectivity index (χ2n) is 4.06. The fraction of sp³-hybridized carbons (Fsp3) is 0.417. The van der Waals surface area contributed by atoms with Gasteiger partial charge >= 0.3 is 6.18 Å². The van der Waals surface area contributed by atoms with Gasteiger partial charge in [-0.05, 0) is 18.6 Å². The minimum absolute atomic E-state index is 0.149. The van der Waals surface area contributed by atoms with Gasteiger partial charge in [-0.25, -0.2) is 4.39 Å². The summed E-state index contributed by atoms with van der Waals surface area (Å²) in [4.78, 5) is 10.6. The molecule has 0 saturated heterocycles. The van der Waals surface area contributed by atoms with Crippen molar-refractivity contribution in [2.75, 3.05) is 6.54 Å². The van der Waals surface area contributed by atoms with E-state index in [-0.39, 0.29) is 24.4 Å². The first-order valence-electron chi connectivity index (χ1n) is 5.54. The molecule has 1 rings (SSSR count). The molecule has 1 atom stereocenters. The zero-order valence-electron chi connectivity index (χ0n) is 10.1. The summed E-state index contributed by atoms with van der Waals surface area (Å²) in [6.07, 6.45) is -4.54. The van der Waals surface area contributed by atoms with Gasteiger partial charge in [0.2, 0.25) is 5.91 Å². The molecule has 0 aliphatic rings. The number of nitrogens with one attached hydrogen (secondary N) is 2. The molecular weight excluding hydrogens is 264 g/mol. The third-order valence-corrected chi connectivity index (χ3v) is 2.51. The lowest BCUT2D eigenvalue weighted by Gasteiger charge is -2.21. The molecule has 0 aliphatic heterocycles. The molecule has 106 valence electrons. The predicted octanol–water partition coefficient (Wildman–Crippen LogP) is 3.46. The Morgan fingerprint density at radius 3 is 2.53 bits per heavy atom. The largest absolute Gasteiger partial charge is 0.671 e. The SMILES string of the molecule is CC(=O)NCC[C@@H]([NH-])c1ccc(C(F)(F)F)c(F)c1. The molecule has 19 heavy (non-hydrogen) atoms. The van der Waals surface area contributed by atoms with E-state index in [0.29, 0.717) is 12.1 Å². The molecule has 0 aliphatic carbocycles. The Labute approximate surface area is 107 Å². The summed E-state index contributed by atoms with van der Waals surface area (Å²) in [6.45, 7) is 1.53. The van der Waals surface area contributed by atoms with Crippen molar-refractivity contribution in [3.63, 3.8) is 0 Å². The number of amides is 1. The van der Waals surface area contributed by atoms with Crippen LogP contribution >= 0.6 is 0 Å². The molecule has 1 aromatic carbocycles. The van der Waals surface area contributed by atoms with Crippen LogP contribution in [-0.4, -0.2) is 12.5 Å². The first kappa shape index (κ1) is 15.4. The molecule has 0 radical (unpaired) electrons. The number of carbonyl (C=O) groups is 1. The van der Waals surface area contributed by atoms with Crippen LogP contribution in [-0.2, 0) is 11.0 Å². The van der Waals surface area contributed by atoms with Crippen molar-refractivity contribution in [2.24, 2.45) is 0 Å². The molecule has 2 N–H and O–H groups in total. The molecule has 0 unspecified atom stereocenters. The van der Waals surface area contributed by atoms with Crippen LogP contribution in [0.1, 0.15) is 30.5 Å². The number of rotatable bonds is 4. The fourth-order valence-electron chi connectivity index (χ4n) is 1.54. The maximum Gasteiger partial charge on any atom is 0.419 e. The first-order chi connectivity index (χ1) is 8.71. The minimum Gasteiger partial charge on any atom is -0.671 e. The van der Waals surface area contributed by atoms with Gasteiger partial charge in [-0.1, -0.05) is 11.6 Å². The standard InChI is InChI=1S/C12H13F4N2O/c1-7(19)18-5-4-11(17)8-2-3-9(10(13)6-8)12(14,15)16/h2-3,6,11,17H,4-5H2,1H3,(H,18,19)/q-1/t11-/m1/s1. The van der Waals surface area contributed by atoms with Crippen LogP contribution < -0.4 is 5.32 Å². The van der Waals surface area contributed by atoms with Gasteiger partial charge < -0.3 is 11.1 Å². The lowest BCUT2D eigenvalue weighted by atomic mass is 10.0. The van der Waals surface area contributed by atoms with Crippen LogP contribution in [0.4, 0.5) is 17.6 Å². The highest BCUT2D eigenvalue weighted by Crippen LogP contribution is 2.33. The van der Waals surface area contributed by atoms with Gasteiger partial charge in [0.1, 0.15) is 5.82 Å². The van der Waals surface area contributed by atoms with Crippen LogP contribution in [0.25, 0.3) is 5.73 Å². The van der Waals surface area contributed by atoms with E-state index in [4.69, 9.17) is 5.73 Å². The van der Waals surface area contributed by atoms with Crippen LogP contribution in [0.3, 0.4) is 0 Å². The highest BCUT2D eigenvalue weighted by molar-refractivity contribution is 5.72.